The number of benzene rings is 1. The number of furan rings is 1. The third-order valence-electron chi connectivity index (χ3n) is 6.16. The van der Waals surface area contributed by atoms with E-state index in [1.54, 1.807) is 33.3 Å². The minimum atomic E-state index is -0.707. The molecule has 0 spiro atoms. The van der Waals surface area contributed by atoms with E-state index in [1.807, 2.05) is 39.0 Å². The summed E-state index contributed by atoms with van der Waals surface area (Å²) in [6.45, 7) is 5.98. The fourth-order valence-corrected chi connectivity index (χ4v) is 4.69. The van der Waals surface area contributed by atoms with E-state index in [2.05, 4.69) is 22.6 Å². The number of carbonyl (C=O) groups excluding carboxylic acids is 1. The van der Waals surface area contributed by atoms with Crippen molar-refractivity contribution >= 4 is 63.8 Å². The van der Waals surface area contributed by atoms with Crippen LogP contribution in [0.3, 0.4) is 0 Å². The van der Waals surface area contributed by atoms with Gasteiger partial charge in [0.15, 0.2) is 9.35 Å². The molecular weight excluding hydrogens is 557 g/mol. The van der Waals surface area contributed by atoms with Gasteiger partial charge in [0.1, 0.15) is 11.3 Å². The number of hydrogen-bond acceptors (Lipinski definition) is 6. The van der Waals surface area contributed by atoms with Gasteiger partial charge in [0, 0.05) is 43.3 Å². The second-order valence-electron chi connectivity index (χ2n) is 9.00. The van der Waals surface area contributed by atoms with Gasteiger partial charge in [0.2, 0.25) is 0 Å². The van der Waals surface area contributed by atoms with E-state index in [9.17, 15) is 4.79 Å². The average Bonchev–Trinajstić information content (AvgIpc) is 3.22. The van der Waals surface area contributed by atoms with Crippen molar-refractivity contribution in [2.24, 2.45) is 0 Å². The molecule has 1 aliphatic rings. The van der Waals surface area contributed by atoms with Crippen molar-refractivity contribution in [3.8, 4) is 5.75 Å². The molecule has 3 heterocycles. The average molecular weight is 583 g/mol. The summed E-state index contributed by atoms with van der Waals surface area (Å²) in [5.41, 5.74) is 1.96. The Morgan fingerprint density at radius 1 is 1.21 bits per heavy atom. The number of carbonyl (C=O) groups is 1. The summed E-state index contributed by atoms with van der Waals surface area (Å²) in [6, 6.07) is 8.95. The minimum Gasteiger partial charge on any atom is -0.497 e. The normalized spacial score (nSPS) is 19.8. The summed E-state index contributed by atoms with van der Waals surface area (Å²) in [7, 11) is 4.32. The third kappa shape index (κ3) is 4.48. The van der Waals surface area contributed by atoms with Crippen LogP contribution in [0.25, 0.3) is 11.1 Å². The number of pyridine rings is 1. The molecule has 2 aromatic heterocycles. The van der Waals surface area contributed by atoms with Crippen LogP contribution in [0, 0.1) is 3.77 Å². The number of rotatable bonds is 5. The van der Waals surface area contributed by atoms with Crippen molar-refractivity contribution in [3.05, 3.63) is 50.4 Å². The predicted molar refractivity (Wildman–Crippen MR) is 136 cm³/mol. The molecule has 10 heteroatoms. The van der Waals surface area contributed by atoms with Gasteiger partial charge < -0.3 is 23.4 Å². The highest BCUT2D eigenvalue weighted by Crippen LogP contribution is 2.41. The van der Waals surface area contributed by atoms with Gasteiger partial charge in [-0.15, -0.1) is 0 Å². The fraction of sp³-hybridized carbons (Fsp3) is 0.391. The quantitative estimate of drug-likeness (QED) is 0.330. The smallest absolute Gasteiger partial charge is 0.497 e. The van der Waals surface area contributed by atoms with Crippen molar-refractivity contribution < 1.29 is 23.3 Å². The number of fused-ring (bicyclic) bond motifs is 1. The molecule has 0 radical (unpaired) electrons. The summed E-state index contributed by atoms with van der Waals surface area (Å²) >= 11 is 8.55. The van der Waals surface area contributed by atoms with Gasteiger partial charge >= 0.3 is 7.12 Å². The van der Waals surface area contributed by atoms with E-state index in [0.717, 1.165) is 14.9 Å². The number of aromatic nitrogens is 1. The lowest BCUT2D eigenvalue weighted by molar-refractivity contribution is -0.00939. The van der Waals surface area contributed by atoms with E-state index in [0.29, 0.717) is 33.9 Å². The number of amides is 1. The number of hydrogen-bond donors (Lipinski definition) is 0. The standard InChI is InChI=1S/C23H25BClIN2O5/c1-22(2)23(3,12-14-10-16(25)20-17(27-14)11-19(26)31-20)33-24(32-22)15-8-7-13(9-18(15)30-6)21(29)28(4)5/h7-11H,12H2,1-6H3. The Morgan fingerprint density at radius 3 is 2.61 bits per heavy atom. The largest absolute Gasteiger partial charge is 0.498 e. The van der Waals surface area contributed by atoms with E-state index >= 15 is 0 Å². The molecule has 1 fully saturated rings. The van der Waals surface area contributed by atoms with Crippen LogP contribution >= 0.6 is 34.2 Å². The van der Waals surface area contributed by atoms with Crippen molar-refractivity contribution in [3.63, 3.8) is 0 Å². The Labute approximate surface area is 212 Å². The summed E-state index contributed by atoms with van der Waals surface area (Å²) in [5, 5.41) is 0.512. The lowest BCUT2D eigenvalue weighted by Gasteiger charge is -2.36. The minimum absolute atomic E-state index is 0.106. The molecule has 1 atom stereocenters. The molecule has 33 heavy (non-hydrogen) atoms. The van der Waals surface area contributed by atoms with Gasteiger partial charge in [0.25, 0.3) is 5.91 Å². The van der Waals surface area contributed by atoms with Gasteiger partial charge in [-0.25, -0.2) is 4.98 Å². The molecular formula is C23H25BClIN2O5. The van der Waals surface area contributed by atoms with Gasteiger partial charge in [-0.3, -0.25) is 4.79 Å². The summed E-state index contributed by atoms with van der Waals surface area (Å²) < 4.78 is 24.8. The maximum Gasteiger partial charge on any atom is 0.498 e. The first-order valence-corrected chi connectivity index (χ1v) is 11.9. The molecule has 3 aromatic rings. The zero-order valence-corrected chi connectivity index (χ0v) is 22.3. The van der Waals surface area contributed by atoms with Crippen LogP contribution in [0.4, 0.5) is 0 Å². The molecule has 4 rings (SSSR count). The Bertz CT molecular complexity index is 1230. The van der Waals surface area contributed by atoms with Crippen molar-refractivity contribution in [1.82, 2.24) is 9.88 Å². The first-order valence-electron chi connectivity index (χ1n) is 10.4. The Hall–Kier alpha value is -1.82. The second kappa shape index (κ2) is 8.76. The number of halogens is 2. The van der Waals surface area contributed by atoms with Crippen molar-refractivity contribution in [2.45, 2.75) is 38.4 Å². The van der Waals surface area contributed by atoms with Crippen molar-refractivity contribution in [2.75, 3.05) is 21.2 Å². The molecule has 1 aromatic carbocycles. The van der Waals surface area contributed by atoms with Crippen LogP contribution in [0.5, 0.6) is 5.75 Å². The zero-order valence-electron chi connectivity index (χ0n) is 19.4. The van der Waals surface area contributed by atoms with Gasteiger partial charge in [-0.05, 0) is 61.6 Å². The number of methoxy groups -OCH3 is 1. The van der Waals surface area contributed by atoms with Crippen LogP contribution < -0.4 is 10.2 Å². The molecule has 0 bridgehead atoms. The second-order valence-corrected chi connectivity index (χ2v) is 10.5. The van der Waals surface area contributed by atoms with Crippen molar-refractivity contribution in [1.29, 1.82) is 0 Å². The highest BCUT2D eigenvalue weighted by Gasteiger charge is 2.55. The fourth-order valence-electron chi connectivity index (χ4n) is 3.91. The predicted octanol–water partition coefficient (Wildman–Crippen LogP) is 4.32. The van der Waals surface area contributed by atoms with Crippen LogP contribution in [0.1, 0.15) is 36.8 Å². The molecule has 1 amide bonds. The summed E-state index contributed by atoms with van der Waals surface area (Å²) in [5.74, 6) is 0.425. The zero-order chi connectivity index (χ0) is 24.1. The highest BCUT2D eigenvalue weighted by molar-refractivity contribution is 14.1. The lowest BCUT2D eigenvalue weighted by atomic mass is 9.78. The number of nitrogens with zero attached hydrogens (tertiary/aromatic N) is 2. The van der Waals surface area contributed by atoms with Crippen LogP contribution in [0.15, 0.2) is 34.7 Å². The van der Waals surface area contributed by atoms with E-state index in [1.165, 1.54) is 4.90 Å². The molecule has 0 N–H and O–H groups in total. The summed E-state index contributed by atoms with van der Waals surface area (Å²) in [4.78, 5) is 18.6. The highest BCUT2D eigenvalue weighted by atomic mass is 127. The Kier molecular flexibility index (Phi) is 6.45. The van der Waals surface area contributed by atoms with Gasteiger partial charge in [-0.1, -0.05) is 17.7 Å². The van der Waals surface area contributed by atoms with E-state index in [4.69, 9.17) is 35.0 Å². The first-order chi connectivity index (χ1) is 15.4. The van der Waals surface area contributed by atoms with E-state index in [-0.39, 0.29) is 5.91 Å². The molecule has 7 nitrogen and oxygen atoms in total. The maximum absolute atomic E-state index is 12.4. The first kappa shape index (κ1) is 24.3. The lowest BCUT2D eigenvalue weighted by Crippen LogP contribution is -2.46. The molecule has 1 aliphatic heterocycles. The molecule has 0 aliphatic carbocycles. The summed E-state index contributed by atoms with van der Waals surface area (Å²) in [6.07, 6.45) is 0.480. The monoisotopic (exact) mass is 582 g/mol. The molecule has 1 saturated heterocycles. The van der Waals surface area contributed by atoms with Crippen LogP contribution in [-0.2, 0) is 15.7 Å². The number of ether oxygens (including phenoxy) is 1. The Balaban J connectivity index is 1.64. The van der Waals surface area contributed by atoms with E-state index < -0.39 is 18.3 Å². The topological polar surface area (TPSA) is 74.0 Å². The Morgan fingerprint density at radius 2 is 1.94 bits per heavy atom. The maximum atomic E-state index is 12.4. The van der Waals surface area contributed by atoms with Gasteiger partial charge in [-0.2, -0.15) is 0 Å². The van der Waals surface area contributed by atoms with Crippen LogP contribution in [0.2, 0.25) is 5.02 Å². The molecule has 0 saturated carbocycles. The van der Waals surface area contributed by atoms with Crippen LogP contribution in [-0.4, -0.2) is 55.3 Å². The molecule has 1 unspecified atom stereocenters. The SMILES string of the molecule is COc1cc(C(=O)N(C)C)ccc1B1OC(C)(C)C(C)(Cc2cc(Cl)c3oc(I)cc3n2)O1. The molecule has 174 valence electrons. The third-order valence-corrected chi connectivity index (χ3v) is 6.97. The van der Waals surface area contributed by atoms with Gasteiger partial charge in [0.05, 0.1) is 23.3 Å².